The fourth-order valence-corrected chi connectivity index (χ4v) is 4.57. The minimum absolute atomic E-state index is 0.000385. The van der Waals surface area contributed by atoms with Crippen molar-refractivity contribution >= 4 is 35.8 Å². The summed E-state index contributed by atoms with van der Waals surface area (Å²) in [4.78, 5) is 70.9. The topological polar surface area (TPSA) is 209 Å². The summed E-state index contributed by atoms with van der Waals surface area (Å²) < 4.78 is 26.4. The van der Waals surface area contributed by atoms with Gasteiger partial charge in [-0.25, -0.2) is 14.4 Å². The summed E-state index contributed by atoms with van der Waals surface area (Å²) in [5.41, 5.74) is -1.83. The fourth-order valence-electron chi connectivity index (χ4n) is 4.57. The first-order chi connectivity index (χ1) is 23.0. The highest BCUT2D eigenvalue weighted by atomic mass is 16.6. The molecule has 0 saturated carbocycles. The van der Waals surface area contributed by atoms with Gasteiger partial charge in [0.05, 0.1) is 12.8 Å². The summed E-state index contributed by atoms with van der Waals surface area (Å²) in [5, 5.41) is 28.1. The van der Waals surface area contributed by atoms with Crippen molar-refractivity contribution < 1.29 is 67.8 Å². The predicted octanol–water partition coefficient (Wildman–Crippen LogP) is 4.09. The molecule has 0 saturated heterocycles. The van der Waals surface area contributed by atoms with Crippen molar-refractivity contribution in [3.63, 3.8) is 0 Å². The maximum Gasteiger partial charge on any atom is 0.349 e. The average Bonchev–Trinajstić information content (AvgIpc) is 3.03. The second kappa shape index (κ2) is 18.0. The quantitative estimate of drug-likeness (QED) is 0.0733. The van der Waals surface area contributed by atoms with Gasteiger partial charge in [-0.05, 0) is 55.7 Å². The summed E-state index contributed by atoms with van der Waals surface area (Å²) in [6.07, 6.45) is -2.89. The monoisotopic (exact) mass is 684 g/mol. The number of rotatable bonds is 21. The Morgan fingerprint density at radius 3 is 1.37 bits per heavy atom. The summed E-state index contributed by atoms with van der Waals surface area (Å²) in [7, 11) is 0. The normalized spacial score (nSPS) is 11.1. The molecule has 14 nitrogen and oxygen atoms in total. The minimum Gasteiger partial charge on any atom is -0.490 e. The van der Waals surface area contributed by atoms with E-state index in [1.165, 1.54) is 13.8 Å². The van der Waals surface area contributed by atoms with E-state index in [9.17, 15) is 44.1 Å². The molecule has 0 spiro atoms. The lowest BCUT2D eigenvalue weighted by molar-refractivity contribution is -0.186. The molecule has 0 fully saturated rings. The van der Waals surface area contributed by atoms with E-state index in [4.69, 9.17) is 23.7 Å². The van der Waals surface area contributed by atoms with Gasteiger partial charge < -0.3 is 39.0 Å². The van der Waals surface area contributed by atoms with E-state index < -0.39 is 66.1 Å². The number of benzene rings is 2. The first-order valence-corrected chi connectivity index (χ1v) is 15.0. The lowest BCUT2D eigenvalue weighted by Gasteiger charge is -2.32. The van der Waals surface area contributed by atoms with E-state index in [-0.39, 0.29) is 44.0 Å². The number of hydrogen-bond donors (Lipinski definition) is 3. The minimum atomic E-state index is -2.81. The molecule has 0 atom stereocenters. The van der Waals surface area contributed by atoms with Gasteiger partial charge in [0.15, 0.2) is 0 Å². The van der Waals surface area contributed by atoms with Crippen LogP contribution < -0.4 is 9.47 Å². The van der Waals surface area contributed by atoms with E-state index in [2.05, 4.69) is 13.2 Å². The zero-order valence-corrected chi connectivity index (χ0v) is 27.5. The maximum atomic E-state index is 13.0. The molecule has 3 N–H and O–H groups in total. The fraction of sp³-hybridized carbons (Fsp3) is 0.371. The molecule has 2 aromatic carbocycles. The second-order valence-electron chi connectivity index (χ2n) is 11.3. The highest BCUT2D eigenvalue weighted by Crippen LogP contribution is 2.38. The molecule has 0 unspecified atom stereocenters. The Balaban J connectivity index is 2.30. The van der Waals surface area contributed by atoms with Gasteiger partial charge in [-0.1, -0.05) is 44.3 Å². The zero-order chi connectivity index (χ0) is 36.8. The predicted molar refractivity (Wildman–Crippen MR) is 172 cm³/mol. The molecule has 0 bridgehead atoms. The van der Waals surface area contributed by atoms with Gasteiger partial charge in [0.1, 0.15) is 37.9 Å². The number of esters is 3. The van der Waals surface area contributed by atoms with Crippen LogP contribution in [0.4, 0.5) is 0 Å². The van der Waals surface area contributed by atoms with Gasteiger partial charge in [0.25, 0.3) is 0 Å². The highest BCUT2D eigenvalue weighted by Gasteiger charge is 2.47. The van der Waals surface area contributed by atoms with Crippen LogP contribution in [-0.4, -0.2) is 83.2 Å². The molecule has 14 heteroatoms. The van der Waals surface area contributed by atoms with Gasteiger partial charge in [0, 0.05) is 23.0 Å². The lowest BCUT2D eigenvalue weighted by atomic mass is 9.73. The Bertz CT molecular complexity index is 1450. The zero-order valence-electron chi connectivity index (χ0n) is 27.5. The third kappa shape index (κ3) is 12.1. The van der Waals surface area contributed by atoms with Crippen LogP contribution in [-0.2, 0) is 48.4 Å². The number of carboxylic acids is 3. The largest absolute Gasteiger partial charge is 0.490 e. The summed E-state index contributed by atoms with van der Waals surface area (Å²) in [5.74, 6) is -6.48. The SMILES string of the molecule is C=C(C)C(=O)OCCOc1ccc(C(C)(CCC(=O)OC(CC(=O)O)(CC(=O)O)C(=O)O)c2ccc(OCCOC(=O)C(=C)C)cc2)cc1. The van der Waals surface area contributed by atoms with Crippen molar-refractivity contribution in [2.75, 3.05) is 26.4 Å². The molecule has 0 amide bonds. The van der Waals surface area contributed by atoms with Crippen molar-refractivity contribution in [3.8, 4) is 11.5 Å². The first kappa shape index (κ1) is 39.5. The van der Waals surface area contributed by atoms with Crippen LogP contribution in [0, 0.1) is 0 Å². The molecule has 2 rings (SSSR count). The Kier molecular flexibility index (Phi) is 14.5. The van der Waals surface area contributed by atoms with Crippen molar-refractivity contribution in [1.82, 2.24) is 0 Å². The molecule has 49 heavy (non-hydrogen) atoms. The Hall–Kier alpha value is -5.66. The van der Waals surface area contributed by atoms with E-state index in [1.54, 1.807) is 48.5 Å². The van der Waals surface area contributed by atoms with E-state index in [1.807, 2.05) is 6.92 Å². The smallest absolute Gasteiger partial charge is 0.349 e. The molecule has 0 radical (unpaired) electrons. The van der Waals surface area contributed by atoms with Crippen LogP contribution in [0.5, 0.6) is 11.5 Å². The Morgan fingerprint density at radius 2 is 1.04 bits per heavy atom. The van der Waals surface area contributed by atoms with E-state index >= 15 is 0 Å². The molecule has 0 aliphatic carbocycles. The Labute approximate surface area is 282 Å². The van der Waals surface area contributed by atoms with Gasteiger partial charge in [0.2, 0.25) is 5.60 Å². The lowest BCUT2D eigenvalue weighted by Crippen LogP contribution is -2.47. The van der Waals surface area contributed by atoms with Gasteiger partial charge >= 0.3 is 35.8 Å². The van der Waals surface area contributed by atoms with Crippen molar-refractivity contribution in [2.45, 2.75) is 57.5 Å². The number of ether oxygens (including phenoxy) is 5. The van der Waals surface area contributed by atoms with Crippen LogP contribution in [0.15, 0.2) is 72.8 Å². The van der Waals surface area contributed by atoms with Crippen molar-refractivity contribution in [2.24, 2.45) is 0 Å². The third-order valence-corrected chi connectivity index (χ3v) is 7.25. The Morgan fingerprint density at radius 1 is 0.653 bits per heavy atom. The first-order valence-electron chi connectivity index (χ1n) is 15.0. The van der Waals surface area contributed by atoms with Gasteiger partial charge in [-0.3, -0.25) is 14.4 Å². The molecule has 0 heterocycles. The van der Waals surface area contributed by atoms with E-state index in [0.29, 0.717) is 22.6 Å². The van der Waals surface area contributed by atoms with Crippen molar-refractivity contribution in [3.05, 3.63) is 84.0 Å². The summed E-state index contributed by atoms with van der Waals surface area (Å²) in [6.45, 7) is 12.0. The highest BCUT2D eigenvalue weighted by molar-refractivity contribution is 5.91. The molecule has 0 aliphatic rings. The van der Waals surface area contributed by atoms with Crippen LogP contribution in [0.3, 0.4) is 0 Å². The van der Waals surface area contributed by atoms with Crippen LogP contribution in [0.1, 0.15) is 57.6 Å². The summed E-state index contributed by atoms with van der Waals surface area (Å²) >= 11 is 0. The summed E-state index contributed by atoms with van der Waals surface area (Å²) in [6, 6.07) is 13.7. The number of carbonyl (C=O) groups is 6. The molecular formula is C35H40O14. The molecule has 0 aromatic heterocycles. The average molecular weight is 685 g/mol. The van der Waals surface area contributed by atoms with Crippen LogP contribution >= 0.6 is 0 Å². The van der Waals surface area contributed by atoms with Gasteiger partial charge in [-0.2, -0.15) is 0 Å². The van der Waals surface area contributed by atoms with Gasteiger partial charge in [-0.15, -0.1) is 0 Å². The number of carboxylic acid groups (broad SMARTS) is 3. The molecule has 264 valence electrons. The third-order valence-electron chi connectivity index (χ3n) is 7.25. The number of carbonyl (C=O) groups excluding carboxylic acids is 3. The number of aliphatic carboxylic acids is 3. The second-order valence-corrected chi connectivity index (χ2v) is 11.3. The van der Waals surface area contributed by atoms with E-state index in [0.717, 1.165) is 0 Å². The van der Waals surface area contributed by atoms with Crippen LogP contribution in [0.2, 0.25) is 0 Å². The number of hydrogen-bond acceptors (Lipinski definition) is 11. The maximum absolute atomic E-state index is 13.0. The molecule has 0 aliphatic heterocycles. The van der Waals surface area contributed by atoms with Crippen LogP contribution in [0.25, 0.3) is 0 Å². The van der Waals surface area contributed by atoms with Crippen molar-refractivity contribution in [1.29, 1.82) is 0 Å². The molecular weight excluding hydrogens is 644 g/mol. The molecule has 2 aromatic rings. The standard InChI is InChI=1S/C35H40O14/c1-22(2)31(41)47-18-16-45-26-10-6-24(7-11-26)34(5,25-8-12-27(13-9-25)46-17-19-48-32(42)23(3)4)15-14-30(40)49-35(33(43)44,20-28(36)37)21-29(38)39/h6-13H,1,3,14-21H2,2,4-5H3,(H,36,37)(H,38,39)(H,43,44).